The predicted octanol–water partition coefficient (Wildman–Crippen LogP) is 4.65. The summed E-state index contributed by atoms with van der Waals surface area (Å²) in [6.07, 6.45) is 3.35. The number of ether oxygens (including phenoxy) is 2. The lowest BCUT2D eigenvalue weighted by Gasteiger charge is -2.11. The Morgan fingerprint density at radius 3 is 2.33 bits per heavy atom. The number of fused-ring (bicyclic) bond motifs is 1. The van der Waals surface area contributed by atoms with Crippen molar-refractivity contribution in [3.63, 3.8) is 0 Å². The lowest BCUT2D eigenvalue weighted by Crippen LogP contribution is -2.20. The molecular formula is C28H30N4O4. The number of benzene rings is 2. The Balaban J connectivity index is 1.70. The zero-order valence-electron chi connectivity index (χ0n) is 20.5. The third-order valence-electron chi connectivity index (χ3n) is 5.85. The molecule has 0 spiro atoms. The molecule has 4 aromatic rings. The molecular weight excluding hydrogens is 456 g/mol. The Labute approximate surface area is 210 Å². The van der Waals surface area contributed by atoms with Crippen molar-refractivity contribution in [2.45, 2.75) is 25.9 Å². The van der Waals surface area contributed by atoms with Crippen LogP contribution in [0.2, 0.25) is 0 Å². The summed E-state index contributed by atoms with van der Waals surface area (Å²) in [6, 6.07) is 22.1. The first-order chi connectivity index (χ1) is 17.6. The van der Waals surface area contributed by atoms with Crippen molar-refractivity contribution < 1.29 is 19.1 Å². The van der Waals surface area contributed by atoms with E-state index in [1.807, 2.05) is 59.2 Å². The van der Waals surface area contributed by atoms with Crippen LogP contribution >= 0.6 is 0 Å². The van der Waals surface area contributed by atoms with Gasteiger partial charge in [0.25, 0.3) is 0 Å². The highest BCUT2D eigenvalue weighted by atomic mass is 16.5. The number of nitrogens with one attached hydrogen (secondary N) is 2. The molecule has 0 saturated carbocycles. The molecule has 0 aliphatic rings. The summed E-state index contributed by atoms with van der Waals surface area (Å²) in [5.41, 5.74) is 4.34. The molecule has 186 valence electrons. The Kier molecular flexibility index (Phi) is 8.31. The highest BCUT2D eigenvalue weighted by Gasteiger charge is 2.26. The monoisotopic (exact) mass is 486 g/mol. The lowest BCUT2D eigenvalue weighted by atomic mass is 10.1. The Morgan fingerprint density at radius 1 is 0.972 bits per heavy atom. The smallest absolute Gasteiger partial charge is 0.356 e. The van der Waals surface area contributed by atoms with Crippen molar-refractivity contribution in [2.24, 2.45) is 0 Å². The van der Waals surface area contributed by atoms with Crippen LogP contribution in [0, 0.1) is 0 Å². The standard InChI is InChI=1S/C28H30N4O4/c1-35-19-24(33)31-25-23-16-22(29-17-21-12-7-4-8-13-21)18-30-27(23)32(26(25)28(34)36-2)15-9-14-20-10-5-3-6-11-20/h3-8,10-13,16,18,29H,9,14-15,17,19H2,1-2H3,(H,31,33). The van der Waals surface area contributed by atoms with E-state index in [2.05, 4.69) is 27.8 Å². The van der Waals surface area contributed by atoms with Crippen molar-refractivity contribution in [3.05, 3.63) is 89.7 Å². The van der Waals surface area contributed by atoms with Gasteiger partial charge < -0.3 is 24.7 Å². The average molecular weight is 487 g/mol. The van der Waals surface area contributed by atoms with Gasteiger partial charge in [0.1, 0.15) is 12.3 Å². The number of aryl methyl sites for hydroxylation is 2. The first-order valence-electron chi connectivity index (χ1n) is 11.8. The summed E-state index contributed by atoms with van der Waals surface area (Å²) in [7, 11) is 2.77. The number of nitrogens with zero attached hydrogens (tertiary/aromatic N) is 2. The highest BCUT2D eigenvalue weighted by Crippen LogP contribution is 2.33. The van der Waals surface area contributed by atoms with E-state index in [1.165, 1.54) is 19.8 Å². The maximum atomic E-state index is 12.9. The number of aromatic nitrogens is 2. The summed E-state index contributed by atoms with van der Waals surface area (Å²) in [5, 5.41) is 6.87. The van der Waals surface area contributed by atoms with E-state index >= 15 is 0 Å². The van der Waals surface area contributed by atoms with Crippen molar-refractivity contribution >= 4 is 34.3 Å². The number of hydrogen-bond acceptors (Lipinski definition) is 6. The molecule has 4 rings (SSSR count). The van der Waals surface area contributed by atoms with Gasteiger partial charge in [-0.2, -0.15) is 0 Å². The van der Waals surface area contributed by atoms with Crippen LogP contribution < -0.4 is 10.6 Å². The van der Waals surface area contributed by atoms with Crippen molar-refractivity contribution in [3.8, 4) is 0 Å². The minimum absolute atomic E-state index is 0.138. The zero-order chi connectivity index (χ0) is 25.3. The van der Waals surface area contributed by atoms with E-state index in [4.69, 9.17) is 9.47 Å². The molecule has 0 radical (unpaired) electrons. The van der Waals surface area contributed by atoms with E-state index in [0.717, 1.165) is 24.1 Å². The van der Waals surface area contributed by atoms with E-state index < -0.39 is 5.97 Å². The highest BCUT2D eigenvalue weighted by molar-refractivity contribution is 6.11. The van der Waals surface area contributed by atoms with Crippen LogP contribution in [-0.2, 0) is 33.8 Å². The minimum Gasteiger partial charge on any atom is -0.464 e. The third kappa shape index (κ3) is 5.90. The first-order valence-corrected chi connectivity index (χ1v) is 11.8. The SMILES string of the molecule is COCC(=O)Nc1c(C(=O)OC)n(CCCc2ccccc2)c2ncc(NCc3ccccc3)cc12. The summed E-state index contributed by atoms with van der Waals surface area (Å²) in [5.74, 6) is -0.909. The van der Waals surface area contributed by atoms with E-state index in [-0.39, 0.29) is 18.2 Å². The molecule has 0 unspecified atom stereocenters. The van der Waals surface area contributed by atoms with E-state index in [0.29, 0.717) is 29.8 Å². The summed E-state index contributed by atoms with van der Waals surface area (Å²) in [6.45, 7) is 1.00. The number of esters is 1. The molecule has 8 heteroatoms. The second kappa shape index (κ2) is 12.0. The van der Waals surface area contributed by atoms with Crippen LogP contribution in [0.1, 0.15) is 28.0 Å². The van der Waals surface area contributed by atoms with Crippen LogP contribution in [0.25, 0.3) is 11.0 Å². The Bertz CT molecular complexity index is 1320. The van der Waals surface area contributed by atoms with Crippen LogP contribution in [0.4, 0.5) is 11.4 Å². The largest absolute Gasteiger partial charge is 0.464 e. The molecule has 8 nitrogen and oxygen atoms in total. The molecule has 0 bridgehead atoms. The van der Waals surface area contributed by atoms with Gasteiger partial charge in [-0.1, -0.05) is 60.7 Å². The van der Waals surface area contributed by atoms with Gasteiger partial charge in [0.2, 0.25) is 5.91 Å². The molecule has 0 aliphatic carbocycles. The number of methoxy groups -OCH3 is 2. The van der Waals surface area contributed by atoms with Gasteiger partial charge in [0.15, 0.2) is 5.69 Å². The van der Waals surface area contributed by atoms with Crippen molar-refractivity contribution in [2.75, 3.05) is 31.5 Å². The lowest BCUT2D eigenvalue weighted by molar-refractivity contribution is -0.119. The Hall–Kier alpha value is -4.17. The van der Waals surface area contributed by atoms with Gasteiger partial charge in [0.05, 0.1) is 24.7 Å². The fourth-order valence-electron chi connectivity index (χ4n) is 4.17. The summed E-state index contributed by atoms with van der Waals surface area (Å²) >= 11 is 0. The van der Waals surface area contributed by atoms with Crippen LogP contribution in [0.5, 0.6) is 0 Å². The quantitative estimate of drug-likeness (QED) is 0.300. The maximum absolute atomic E-state index is 12.9. The molecule has 36 heavy (non-hydrogen) atoms. The number of hydrogen-bond donors (Lipinski definition) is 2. The summed E-state index contributed by atoms with van der Waals surface area (Å²) < 4.78 is 11.9. The zero-order valence-corrected chi connectivity index (χ0v) is 20.5. The number of amides is 1. The van der Waals surface area contributed by atoms with Gasteiger partial charge in [-0.05, 0) is 30.0 Å². The van der Waals surface area contributed by atoms with E-state index in [1.54, 1.807) is 6.20 Å². The van der Waals surface area contributed by atoms with E-state index in [9.17, 15) is 9.59 Å². The van der Waals surface area contributed by atoms with Crippen molar-refractivity contribution in [1.82, 2.24) is 9.55 Å². The van der Waals surface area contributed by atoms with Crippen LogP contribution in [-0.4, -0.2) is 42.3 Å². The first kappa shape index (κ1) is 24.9. The molecule has 2 N–H and O–H groups in total. The van der Waals surface area contributed by atoms with Gasteiger partial charge >= 0.3 is 5.97 Å². The van der Waals surface area contributed by atoms with Crippen molar-refractivity contribution in [1.29, 1.82) is 0 Å². The normalized spacial score (nSPS) is 10.8. The molecule has 2 heterocycles. The number of carbonyl (C=O) groups excluding carboxylic acids is 2. The fourth-order valence-corrected chi connectivity index (χ4v) is 4.17. The topological polar surface area (TPSA) is 94.5 Å². The molecule has 0 aliphatic heterocycles. The maximum Gasteiger partial charge on any atom is 0.356 e. The number of anilines is 2. The Morgan fingerprint density at radius 2 is 1.67 bits per heavy atom. The fraction of sp³-hybridized carbons (Fsp3) is 0.250. The minimum atomic E-state index is -0.542. The molecule has 2 aromatic heterocycles. The molecule has 1 amide bonds. The molecule has 0 saturated heterocycles. The second-order valence-electron chi connectivity index (χ2n) is 8.37. The predicted molar refractivity (Wildman–Crippen MR) is 140 cm³/mol. The number of rotatable bonds is 11. The molecule has 0 fully saturated rings. The average Bonchev–Trinajstić information content (AvgIpc) is 3.20. The second-order valence-corrected chi connectivity index (χ2v) is 8.37. The summed E-state index contributed by atoms with van der Waals surface area (Å²) in [4.78, 5) is 30.1. The van der Waals surface area contributed by atoms with Crippen LogP contribution in [0.3, 0.4) is 0 Å². The number of carbonyl (C=O) groups is 2. The van der Waals surface area contributed by atoms with Crippen LogP contribution in [0.15, 0.2) is 72.9 Å². The van der Waals surface area contributed by atoms with Gasteiger partial charge in [-0.15, -0.1) is 0 Å². The third-order valence-corrected chi connectivity index (χ3v) is 5.85. The van der Waals surface area contributed by atoms with Gasteiger partial charge in [-0.25, -0.2) is 9.78 Å². The van der Waals surface area contributed by atoms with Gasteiger partial charge in [-0.3, -0.25) is 4.79 Å². The molecule has 0 atom stereocenters. The number of pyridine rings is 1. The van der Waals surface area contributed by atoms with Gasteiger partial charge in [0, 0.05) is 25.6 Å². The molecule has 2 aromatic carbocycles.